The maximum Gasteiger partial charge on any atom is 0.189 e. The Labute approximate surface area is 162 Å². The molecule has 0 amide bonds. The van der Waals surface area contributed by atoms with Gasteiger partial charge < -0.3 is 10.4 Å². The van der Waals surface area contributed by atoms with Crippen molar-refractivity contribution < 1.29 is 9.90 Å². The zero-order valence-corrected chi connectivity index (χ0v) is 15.6. The molecule has 3 aromatic carbocycles. The van der Waals surface area contributed by atoms with Crippen molar-refractivity contribution in [1.29, 1.82) is 0 Å². The maximum absolute atomic E-state index is 13.2. The van der Waals surface area contributed by atoms with Crippen molar-refractivity contribution in [2.75, 3.05) is 5.32 Å². The number of aromatic hydroxyl groups is 1. The van der Waals surface area contributed by atoms with E-state index in [1.165, 1.54) is 12.1 Å². The number of ketones is 1. The zero-order chi connectivity index (χ0) is 18.7. The van der Waals surface area contributed by atoms with E-state index in [-0.39, 0.29) is 11.5 Å². The Morgan fingerprint density at radius 1 is 1.00 bits per heavy atom. The van der Waals surface area contributed by atoms with Crippen molar-refractivity contribution in [3.05, 3.63) is 93.5 Å². The predicted octanol–water partition coefficient (Wildman–Crippen LogP) is 6.04. The van der Waals surface area contributed by atoms with Crippen LogP contribution in [-0.2, 0) is 0 Å². The van der Waals surface area contributed by atoms with Gasteiger partial charge in [-0.3, -0.25) is 4.79 Å². The first kappa shape index (κ1) is 18.3. The minimum absolute atomic E-state index is 0.0453. The number of hydrogen-bond acceptors (Lipinski definition) is 3. The Balaban J connectivity index is 2.05. The van der Waals surface area contributed by atoms with E-state index >= 15 is 0 Å². The Hall–Kier alpha value is -2.49. The lowest BCUT2D eigenvalue weighted by Crippen LogP contribution is -2.22. The van der Waals surface area contributed by atoms with Crippen molar-refractivity contribution in [1.82, 2.24) is 0 Å². The summed E-state index contributed by atoms with van der Waals surface area (Å²) in [4.78, 5) is 13.2. The third-order valence-corrected chi connectivity index (χ3v) is 4.67. The Bertz CT molecular complexity index is 956. The summed E-state index contributed by atoms with van der Waals surface area (Å²) in [6.07, 6.45) is 0. The summed E-state index contributed by atoms with van der Waals surface area (Å²) >= 11 is 12.2. The Morgan fingerprint density at radius 3 is 2.46 bits per heavy atom. The average Bonchev–Trinajstić information content (AvgIpc) is 2.61. The van der Waals surface area contributed by atoms with Crippen molar-refractivity contribution in [2.45, 2.75) is 13.0 Å². The molecule has 2 N–H and O–H groups in total. The first-order valence-electron chi connectivity index (χ1n) is 8.06. The number of phenolic OH excluding ortho intramolecular Hbond substituents is 1. The number of carbonyl (C=O) groups is 1. The van der Waals surface area contributed by atoms with Gasteiger partial charge in [0.1, 0.15) is 11.8 Å². The highest BCUT2D eigenvalue weighted by Crippen LogP contribution is 2.32. The monoisotopic (exact) mass is 385 g/mol. The van der Waals surface area contributed by atoms with Gasteiger partial charge in [-0.05, 0) is 48.4 Å². The van der Waals surface area contributed by atoms with Crippen LogP contribution in [0.15, 0.2) is 66.7 Å². The second kappa shape index (κ2) is 7.81. The van der Waals surface area contributed by atoms with Gasteiger partial charge in [-0.1, -0.05) is 59.6 Å². The fourth-order valence-electron chi connectivity index (χ4n) is 2.78. The van der Waals surface area contributed by atoms with Gasteiger partial charge >= 0.3 is 0 Å². The van der Waals surface area contributed by atoms with E-state index in [1.54, 1.807) is 30.3 Å². The summed E-state index contributed by atoms with van der Waals surface area (Å²) in [5.41, 5.74) is 2.84. The van der Waals surface area contributed by atoms with Gasteiger partial charge in [-0.15, -0.1) is 0 Å². The topological polar surface area (TPSA) is 49.3 Å². The van der Waals surface area contributed by atoms with Crippen LogP contribution in [0.4, 0.5) is 5.69 Å². The third-order valence-electron chi connectivity index (χ3n) is 4.12. The summed E-state index contributed by atoms with van der Waals surface area (Å²) in [5.74, 6) is -0.120. The maximum atomic E-state index is 13.2. The highest BCUT2D eigenvalue weighted by Gasteiger charge is 2.24. The van der Waals surface area contributed by atoms with Crippen LogP contribution in [0, 0.1) is 6.92 Å². The molecule has 0 saturated heterocycles. The molecule has 0 radical (unpaired) electrons. The van der Waals surface area contributed by atoms with E-state index in [0.29, 0.717) is 21.3 Å². The number of hydrogen-bond donors (Lipinski definition) is 2. The number of phenols is 1. The molecule has 0 aliphatic rings. The van der Waals surface area contributed by atoms with Crippen molar-refractivity contribution >= 4 is 34.7 Å². The molecule has 0 aliphatic heterocycles. The molecule has 5 heteroatoms. The molecular weight excluding hydrogens is 369 g/mol. The molecule has 0 saturated carbocycles. The molecule has 0 aliphatic carbocycles. The average molecular weight is 386 g/mol. The van der Waals surface area contributed by atoms with Crippen molar-refractivity contribution in [3.63, 3.8) is 0 Å². The van der Waals surface area contributed by atoms with Crippen LogP contribution in [0.3, 0.4) is 0 Å². The van der Waals surface area contributed by atoms with E-state index < -0.39 is 6.04 Å². The van der Waals surface area contributed by atoms with Gasteiger partial charge in [0.2, 0.25) is 0 Å². The molecule has 132 valence electrons. The standard InChI is InChI=1S/C21H17Cl2NO2/c1-13-5-2-3-8-17(13)20(21(26)14-6-4-7-16(25)11-14)24-19-10-9-15(22)12-18(19)23/h2-12,20,24-25H,1H3. The number of rotatable bonds is 5. The lowest BCUT2D eigenvalue weighted by atomic mass is 9.93. The number of anilines is 1. The molecule has 3 rings (SSSR count). The molecule has 0 bridgehead atoms. The summed E-state index contributed by atoms with van der Waals surface area (Å²) in [6.45, 7) is 1.95. The molecular formula is C21H17Cl2NO2. The van der Waals surface area contributed by atoms with E-state index in [0.717, 1.165) is 11.1 Å². The number of Topliss-reactive ketones (excluding diaryl/α,β-unsaturated/α-hetero) is 1. The molecule has 0 spiro atoms. The zero-order valence-electron chi connectivity index (χ0n) is 14.0. The first-order valence-corrected chi connectivity index (χ1v) is 8.81. The van der Waals surface area contributed by atoms with Crippen LogP contribution in [0.2, 0.25) is 10.0 Å². The van der Waals surface area contributed by atoms with Crippen molar-refractivity contribution in [2.24, 2.45) is 0 Å². The summed E-state index contributed by atoms with van der Waals surface area (Å²) in [7, 11) is 0. The van der Waals surface area contributed by atoms with Gasteiger partial charge in [0.25, 0.3) is 0 Å². The normalized spacial score (nSPS) is 11.8. The van der Waals surface area contributed by atoms with E-state index in [1.807, 2.05) is 31.2 Å². The van der Waals surface area contributed by atoms with Gasteiger partial charge in [0.05, 0.1) is 10.7 Å². The summed E-state index contributed by atoms with van der Waals surface area (Å²) < 4.78 is 0. The predicted molar refractivity (Wildman–Crippen MR) is 106 cm³/mol. The molecule has 26 heavy (non-hydrogen) atoms. The van der Waals surface area contributed by atoms with Crippen LogP contribution in [0.1, 0.15) is 27.5 Å². The largest absolute Gasteiger partial charge is 0.508 e. The molecule has 1 atom stereocenters. The quantitative estimate of drug-likeness (QED) is 0.526. The molecule has 1 unspecified atom stereocenters. The van der Waals surface area contributed by atoms with E-state index in [9.17, 15) is 9.90 Å². The first-order chi connectivity index (χ1) is 12.5. The second-order valence-corrected chi connectivity index (χ2v) is 6.82. The molecule has 0 fully saturated rings. The van der Waals surface area contributed by atoms with Crippen LogP contribution < -0.4 is 5.32 Å². The second-order valence-electron chi connectivity index (χ2n) is 5.97. The Kier molecular flexibility index (Phi) is 5.50. The Morgan fingerprint density at radius 2 is 1.77 bits per heavy atom. The summed E-state index contributed by atoms with van der Waals surface area (Å²) in [5, 5.41) is 13.9. The minimum atomic E-state index is -0.656. The molecule has 3 nitrogen and oxygen atoms in total. The van der Waals surface area contributed by atoms with Gasteiger partial charge in [0, 0.05) is 10.6 Å². The number of benzene rings is 3. The number of carbonyl (C=O) groups excluding carboxylic acids is 1. The van der Waals surface area contributed by atoms with Gasteiger partial charge in [0.15, 0.2) is 5.78 Å². The fourth-order valence-corrected chi connectivity index (χ4v) is 3.25. The lowest BCUT2D eigenvalue weighted by molar-refractivity contribution is 0.0969. The lowest BCUT2D eigenvalue weighted by Gasteiger charge is -2.22. The molecule has 3 aromatic rings. The van der Waals surface area contributed by atoms with Crippen molar-refractivity contribution in [3.8, 4) is 5.75 Å². The van der Waals surface area contributed by atoms with Gasteiger partial charge in [-0.2, -0.15) is 0 Å². The van der Waals surface area contributed by atoms with Gasteiger partial charge in [-0.25, -0.2) is 0 Å². The smallest absolute Gasteiger partial charge is 0.189 e. The molecule has 0 aromatic heterocycles. The number of nitrogens with one attached hydrogen (secondary N) is 1. The van der Waals surface area contributed by atoms with E-state index in [2.05, 4.69) is 5.32 Å². The van der Waals surface area contributed by atoms with Crippen LogP contribution in [0.25, 0.3) is 0 Å². The highest BCUT2D eigenvalue weighted by molar-refractivity contribution is 6.36. The van der Waals surface area contributed by atoms with Crippen LogP contribution in [-0.4, -0.2) is 10.9 Å². The number of aryl methyl sites for hydroxylation is 1. The summed E-state index contributed by atoms with van der Waals surface area (Å²) in [6, 6.07) is 18.4. The van der Waals surface area contributed by atoms with Crippen LogP contribution in [0.5, 0.6) is 5.75 Å². The molecule has 0 heterocycles. The van der Waals surface area contributed by atoms with E-state index in [4.69, 9.17) is 23.2 Å². The highest BCUT2D eigenvalue weighted by atomic mass is 35.5. The third kappa shape index (κ3) is 4.01. The SMILES string of the molecule is Cc1ccccc1C(Nc1ccc(Cl)cc1Cl)C(=O)c1cccc(O)c1. The fraction of sp³-hybridized carbons (Fsp3) is 0.0952. The van der Waals surface area contributed by atoms with Crippen LogP contribution >= 0.6 is 23.2 Å². The minimum Gasteiger partial charge on any atom is -0.508 e. The number of halogens is 2.